The van der Waals surface area contributed by atoms with Crippen molar-refractivity contribution in [3.8, 4) is 0 Å². The first-order valence-corrected chi connectivity index (χ1v) is 11.8. The van der Waals surface area contributed by atoms with Crippen LogP contribution >= 0.6 is 23.1 Å². The number of carbonyl (C=O) groups is 2. The summed E-state index contributed by atoms with van der Waals surface area (Å²) in [5.41, 5.74) is -0.269. The largest absolute Gasteiger partial charge is 0.451 e. The molecular weight excluding hydrogens is 446 g/mol. The van der Waals surface area contributed by atoms with E-state index in [1.165, 1.54) is 15.8 Å². The van der Waals surface area contributed by atoms with Crippen molar-refractivity contribution >= 4 is 50.7 Å². The molecule has 0 radical (unpaired) electrons. The summed E-state index contributed by atoms with van der Waals surface area (Å²) >= 11 is 2.54. The van der Waals surface area contributed by atoms with Crippen LogP contribution in [0.5, 0.6) is 0 Å². The van der Waals surface area contributed by atoms with Gasteiger partial charge in [0.25, 0.3) is 5.91 Å². The standard InChI is InChI=1S/C17H16F2N2O5S3/c18-11-1-2-13(12(19)9-11)20-15(22)10-26-17(23)16-14(3-6-28-16)29(24,25)21-4-7-27-8-5-21/h1-3,6,9H,4-5,7-8,10H2,(H,20,22). The molecule has 29 heavy (non-hydrogen) atoms. The number of ether oxygens (including phenoxy) is 1. The van der Waals surface area contributed by atoms with Gasteiger partial charge in [-0.3, -0.25) is 4.79 Å². The number of rotatable bonds is 6. The Morgan fingerprint density at radius 3 is 2.59 bits per heavy atom. The van der Waals surface area contributed by atoms with E-state index in [-0.39, 0.29) is 15.5 Å². The molecule has 2 aromatic rings. The molecule has 0 bridgehead atoms. The van der Waals surface area contributed by atoms with Gasteiger partial charge in [-0.15, -0.1) is 11.3 Å². The smallest absolute Gasteiger partial charge is 0.350 e. The van der Waals surface area contributed by atoms with Crippen LogP contribution in [0.3, 0.4) is 0 Å². The predicted molar refractivity (Wildman–Crippen MR) is 106 cm³/mol. The summed E-state index contributed by atoms with van der Waals surface area (Å²) in [7, 11) is -3.85. The maximum absolute atomic E-state index is 13.6. The van der Waals surface area contributed by atoms with Crippen LogP contribution in [-0.2, 0) is 19.6 Å². The van der Waals surface area contributed by atoms with Gasteiger partial charge in [-0.05, 0) is 23.6 Å². The fourth-order valence-electron chi connectivity index (χ4n) is 2.55. The summed E-state index contributed by atoms with van der Waals surface area (Å²) in [6, 6.07) is 3.92. The maximum atomic E-state index is 13.6. The molecule has 1 saturated heterocycles. The maximum Gasteiger partial charge on any atom is 0.350 e. The van der Waals surface area contributed by atoms with Crippen LogP contribution in [0.15, 0.2) is 34.5 Å². The number of amides is 1. The van der Waals surface area contributed by atoms with Gasteiger partial charge >= 0.3 is 5.97 Å². The van der Waals surface area contributed by atoms with Crippen molar-refractivity contribution in [2.75, 3.05) is 36.5 Å². The SMILES string of the molecule is O=C(COC(=O)c1sccc1S(=O)(=O)N1CCSCC1)Nc1ccc(F)cc1F. The van der Waals surface area contributed by atoms with E-state index < -0.39 is 40.1 Å². The highest BCUT2D eigenvalue weighted by atomic mass is 32.2. The summed E-state index contributed by atoms with van der Waals surface area (Å²) in [5.74, 6) is -2.26. The van der Waals surface area contributed by atoms with E-state index in [2.05, 4.69) is 5.32 Å². The second-order valence-corrected chi connectivity index (χ2v) is 9.93. The third-order valence-electron chi connectivity index (χ3n) is 3.94. The Morgan fingerprint density at radius 2 is 1.90 bits per heavy atom. The van der Waals surface area contributed by atoms with Crippen LogP contribution in [0.2, 0.25) is 0 Å². The fraction of sp³-hybridized carbons (Fsp3) is 0.294. The Kier molecular flexibility index (Phi) is 6.88. The molecule has 0 aliphatic carbocycles. The van der Waals surface area contributed by atoms with Crippen molar-refractivity contribution in [1.29, 1.82) is 0 Å². The minimum Gasteiger partial charge on any atom is -0.451 e. The lowest BCUT2D eigenvalue weighted by Gasteiger charge is -2.25. The second kappa shape index (κ2) is 9.20. The first kappa shape index (κ1) is 21.7. The molecule has 1 fully saturated rings. The van der Waals surface area contributed by atoms with Gasteiger partial charge in [0.05, 0.1) is 5.69 Å². The molecule has 12 heteroatoms. The van der Waals surface area contributed by atoms with E-state index in [9.17, 15) is 26.8 Å². The molecule has 0 unspecified atom stereocenters. The van der Waals surface area contributed by atoms with Crippen molar-refractivity contribution in [1.82, 2.24) is 4.31 Å². The van der Waals surface area contributed by atoms with Crippen LogP contribution in [0.25, 0.3) is 0 Å². The third-order valence-corrected chi connectivity index (χ3v) is 7.85. The number of hydrogen-bond acceptors (Lipinski definition) is 7. The second-order valence-electron chi connectivity index (χ2n) is 5.88. The van der Waals surface area contributed by atoms with Crippen LogP contribution < -0.4 is 5.32 Å². The Bertz CT molecular complexity index is 1020. The van der Waals surface area contributed by atoms with Gasteiger partial charge in [0.2, 0.25) is 10.0 Å². The molecule has 0 spiro atoms. The van der Waals surface area contributed by atoms with E-state index in [4.69, 9.17) is 4.74 Å². The first-order valence-electron chi connectivity index (χ1n) is 8.36. The van der Waals surface area contributed by atoms with Crippen molar-refractivity contribution in [3.05, 3.63) is 46.2 Å². The lowest BCUT2D eigenvalue weighted by Crippen LogP contribution is -2.38. The highest BCUT2D eigenvalue weighted by Crippen LogP contribution is 2.27. The normalized spacial score (nSPS) is 15.1. The van der Waals surface area contributed by atoms with Gasteiger partial charge < -0.3 is 10.1 Å². The minimum atomic E-state index is -3.85. The Morgan fingerprint density at radius 1 is 1.17 bits per heavy atom. The lowest BCUT2D eigenvalue weighted by atomic mass is 10.3. The summed E-state index contributed by atoms with van der Waals surface area (Å²) < 4.78 is 58.2. The number of halogens is 2. The van der Waals surface area contributed by atoms with Crippen molar-refractivity contribution < 1.29 is 31.5 Å². The molecule has 0 atom stereocenters. The van der Waals surface area contributed by atoms with E-state index in [0.717, 1.165) is 23.5 Å². The number of thiophene rings is 1. The molecule has 1 aromatic carbocycles. The number of nitrogens with zero attached hydrogens (tertiary/aromatic N) is 1. The van der Waals surface area contributed by atoms with Crippen LogP contribution in [0.4, 0.5) is 14.5 Å². The number of esters is 1. The molecule has 1 amide bonds. The molecule has 0 saturated carbocycles. The van der Waals surface area contributed by atoms with Gasteiger partial charge in [0.1, 0.15) is 21.4 Å². The van der Waals surface area contributed by atoms with Gasteiger partial charge in [-0.2, -0.15) is 16.1 Å². The number of nitrogens with one attached hydrogen (secondary N) is 1. The molecule has 7 nitrogen and oxygen atoms in total. The minimum absolute atomic E-state index is 0.135. The number of hydrogen-bond donors (Lipinski definition) is 1. The van der Waals surface area contributed by atoms with Crippen LogP contribution in [0.1, 0.15) is 9.67 Å². The van der Waals surface area contributed by atoms with E-state index in [1.807, 2.05) is 0 Å². The van der Waals surface area contributed by atoms with Crippen molar-refractivity contribution in [3.63, 3.8) is 0 Å². The molecule has 1 aliphatic heterocycles. The molecule has 1 aromatic heterocycles. The quantitative estimate of drug-likeness (QED) is 0.664. The lowest BCUT2D eigenvalue weighted by molar-refractivity contribution is -0.119. The van der Waals surface area contributed by atoms with Gasteiger partial charge in [0, 0.05) is 30.7 Å². The Hall–Kier alpha value is -2.02. The third kappa shape index (κ3) is 5.13. The summed E-state index contributed by atoms with van der Waals surface area (Å²) in [4.78, 5) is 23.9. The molecule has 1 aliphatic rings. The van der Waals surface area contributed by atoms with Crippen LogP contribution in [-0.4, -0.2) is 55.8 Å². The topological polar surface area (TPSA) is 92.8 Å². The highest BCUT2D eigenvalue weighted by molar-refractivity contribution is 7.99. The average molecular weight is 463 g/mol. The van der Waals surface area contributed by atoms with E-state index in [0.29, 0.717) is 30.7 Å². The zero-order valence-corrected chi connectivity index (χ0v) is 17.3. The monoisotopic (exact) mass is 462 g/mol. The zero-order valence-electron chi connectivity index (χ0n) is 14.9. The highest BCUT2D eigenvalue weighted by Gasteiger charge is 2.31. The number of carbonyl (C=O) groups excluding carboxylic acids is 2. The zero-order chi connectivity index (χ0) is 21.0. The first-order chi connectivity index (χ1) is 13.8. The number of thioether (sulfide) groups is 1. The molecule has 156 valence electrons. The van der Waals surface area contributed by atoms with E-state index in [1.54, 1.807) is 11.8 Å². The van der Waals surface area contributed by atoms with Gasteiger partial charge in [-0.1, -0.05) is 0 Å². The summed E-state index contributed by atoms with van der Waals surface area (Å²) in [5, 5.41) is 3.61. The fourth-order valence-corrected chi connectivity index (χ4v) is 6.41. The van der Waals surface area contributed by atoms with Crippen LogP contribution in [0, 0.1) is 11.6 Å². The van der Waals surface area contributed by atoms with Crippen molar-refractivity contribution in [2.24, 2.45) is 0 Å². The van der Waals surface area contributed by atoms with Gasteiger partial charge in [-0.25, -0.2) is 22.0 Å². The van der Waals surface area contributed by atoms with Gasteiger partial charge in [0.15, 0.2) is 6.61 Å². The number of sulfonamides is 1. The predicted octanol–water partition coefficient (Wildman–Crippen LogP) is 2.56. The molecular formula is C17H16F2N2O5S3. The summed E-state index contributed by atoms with van der Waals surface area (Å²) in [6.45, 7) is -0.0562. The summed E-state index contributed by atoms with van der Waals surface area (Å²) in [6.07, 6.45) is 0. The number of benzene rings is 1. The van der Waals surface area contributed by atoms with E-state index >= 15 is 0 Å². The average Bonchev–Trinajstić information content (AvgIpc) is 3.20. The van der Waals surface area contributed by atoms with Crippen molar-refractivity contribution in [2.45, 2.75) is 4.90 Å². The molecule has 1 N–H and O–H groups in total. The Labute approximate surface area is 174 Å². The molecule has 3 rings (SSSR count). The Balaban J connectivity index is 1.64. The molecule has 2 heterocycles. The number of anilines is 1.